The van der Waals surface area contributed by atoms with E-state index < -0.39 is 6.10 Å². The van der Waals surface area contributed by atoms with Gasteiger partial charge in [0.05, 0.1) is 6.10 Å². The second kappa shape index (κ2) is 3.56. The highest BCUT2D eigenvalue weighted by Crippen LogP contribution is 2.24. The fourth-order valence-corrected chi connectivity index (χ4v) is 1.07. The summed E-state index contributed by atoms with van der Waals surface area (Å²) in [6.45, 7) is 2.02. The van der Waals surface area contributed by atoms with Crippen LogP contribution < -0.4 is 5.73 Å². The first-order chi connectivity index (χ1) is 5.65. The molecule has 0 aliphatic heterocycles. The van der Waals surface area contributed by atoms with E-state index in [0.29, 0.717) is 5.56 Å². The van der Waals surface area contributed by atoms with Crippen LogP contribution in [0.4, 0.5) is 0 Å². The third-order valence-corrected chi connectivity index (χ3v) is 1.77. The van der Waals surface area contributed by atoms with Crippen molar-refractivity contribution in [1.82, 2.24) is 0 Å². The van der Waals surface area contributed by atoms with Crippen LogP contribution in [0.2, 0.25) is 0 Å². The van der Waals surface area contributed by atoms with Gasteiger partial charge in [0.15, 0.2) is 0 Å². The van der Waals surface area contributed by atoms with Gasteiger partial charge >= 0.3 is 0 Å². The monoisotopic (exact) mass is 167 g/mol. The van der Waals surface area contributed by atoms with E-state index in [1.807, 2.05) is 6.92 Å². The molecule has 0 aliphatic carbocycles. The Morgan fingerprint density at radius 3 is 2.75 bits per heavy atom. The molecule has 0 unspecified atom stereocenters. The summed E-state index contributed by atoms with van der Waals surface area (Å²) in [5.74, 6) is 0.0959. The Hall–Kier alpha value is -1.06. The molecule has 1 aromatic carbocycles. The van der Waals surface area contributed by atoms with Crippen molar-refractivity contribution >= 4 is 0 Å². The van der Waals surface area contributed by atoms with Gasteiger partial charge in [-0.05, 0) is 19.1 Å². The van der Waals surface area contributed by atoms with Crippen LogP contribution in [0.25, 0.3) is 0 Å². The van der Waals surface area contributed by atoms with E-state index in [0.717, 1.165) is 5.56 Å². The third kappa shape index (κ3) is 1.75. The standard InChI is InChI=1S/C9H13NO2/c1-6-2-3-8(11)7(4-6)9(12)5-10/h2-4,9,11-12H,5,10H2,1H3/t9-/m0/s1. The highest BCUT2D eigenvalue weighted by atomic mass is 16.3. The van der Waals surface area contributed by atoms with Gasteiger partial charge in [-0.3, -0.25) is 0 Å². The summed E-state index contributed by atoms with van der Waals surface area (Å²) in [6.07, 6.45) is -0.773. The summed E-state index contributed by atoms with van der Waals surface area (Å²) >= 11 is 0. The van der Waals surface area contributed by atoms with Crippen LogP contribution in [0.1, 0.15) is 17.2 Å². The van der Waals surface area contributed by atoms with Gasteiger partial charge in [-0.1, -0.05) is 11.6 Å². The molecule has 0 radical (unpaired) electrons. The summed E-state index contributed by atoms with van der Waals surface area (Å²) in [7, 11) is 0. The first-order valence-corrected chi connectivity index (χ1v) is 3.83. The van der Waals surface area contributed by atoms with Crippen LogP contribution in [0.15, 0.2) is 18.2 Å². The molecule has 1 aromatic rings. The number of nitrogens with two attached hydrogens (primary N) is 1. The van der Waals surface area contributed by atoms with E-state index in [2.05, 4.69) is 0 Å². The Labute approximate surface area is 71.5 Å². The molecule has 4 N–H and O–H groups in total. The second-order valence-electron chi connectivity index (χ2n) is 2.81. The summed E-state index contributed by atoms with van der Waals surface area (Å²) in [5.41, 5.74) is 6.76. The molecule has 0 aromatic heterocycles. The topological polar surface area (TPSA) is 66.5 Å². The van der Waals surface area contributed by atoms with Gasteiger partial charge in [-0.15, -0.1) is 0 Å². The molecular formula is C9H13NO2. The van der Waals surface area contributed by atoms with Crippen molar-refractivity contribution in [2.45, 2.75) is 13.0 Å². The number of rotatable bonds is 2. The fraction of sp³-hybridized carbons (Fsp3) is 0.333. The number of hydrogen-bond donors (Lipinski definition) is 3. The van der Waals surface area contributed by atoms with Gasteiger partial charge in [0.25, 0.3) is 0 Å². The Bertz CT molecular complexity index is 273. The van der Waals surface area contributed by atoms with Crippen LogP contribution in [0.5, 0.6) is 5.75 Å². The highest BCUT2D eigenvalue weighted by Gasteiger charge is 2.09. The Morgan fingerprint density at radius 1 is 1.50 bits per heavy atom. The zero-order valence-corrected chi connectivity index (χ0v) is 6.99. The van der Waals surface area contributed by atoms with Crippen LogP contribution in [-0.4, -0.2) is 16.8 Å². The molecule has 0 bridgehead atoms. The second-order valence-corrected chi connectivity index (χ2v) is 2.81. The van der Waals surface area contributed by atoms with Crippen molar-refractivity contribution in [2.24, 2.45) is 5.73 Å². The molecule has 0 saturated carbocycles. The van der Waals surface area contributed by atoms with Crippen molar-refractivity contribution in [2.75, 3.05) is 6.54 Å². The average molecular weight is 167 g/mol. The number of aromatic hydroxyl groups is 1. The van der Waals surface area contributed by atoms with E-state index in [-0.39, 0.29) is 12.3 Å². The van der Waals surface area contributed by atoms with E-state index >= 15 is 0 Å². The number of aliphatic hydroxyl groups is 1. The molecule has 0 heterocycles. The molecule has 0 amide bonds. The minimum Gasteiger partial charge on any atom is -0.508 e. The number of hydrogen-bond acceptors (Lipinski definition) is 3. The Kier molecular flexibility index (Phi) is 2.68. The van der Waals surface area contributed by atoms with Crippen molar-refractivity contribution in [3.63, 3.8) is 0 Å². The molecule has 0 saturated heterocycles. The van der Waals surface area contributed by atoms with Gasteiger partial charge in [0.2, 0.25) is 0 Å². The molecule has 3 nitrogen and oxygen atoms in total. The van der Waals surface area contributed by atoms with Crippen molar-refractivity contribution in [1.29, 1.82) is 0 Å². The molecule has 12 heavy (non-hydrogen) atoms. The lowest BCUT2D eigenvalue weighted by molar-refractivity contribution is 0.182. The van der Waals surface area contributed by atoms with E-state index in [4.69, 9.17) is 5.73 Å². The van der Waals surface area contributed by atoms with Gasteiger partial charge < -0.3 is 15.9 Å². The predicted molar refractivity (Wildman–Crippen MR) is 46.9 cm³/mol. The maximum atomic E-state index is 9.35. The largest absolute Gasteiger partial charge is 0.508 e. The SMILES string of the molecule is Cc1ccc(O)c([C@@H](O)CN)c1. The first kappa shape index (κ1) is 9.03. The summed E-state index contributed by atoms with van der Waals surface area (Å²) < 4.78 is 0. The summed E-state index contributed by atoms with van der Waals surface area (Å²) in [5, 5.41) is 18.7. The molecular weight excluding hydrogens is 154 g/mol. The lowest BCUT2D eigenvalue weighted by Crippen LogP contribution is -2.11. The molecule has 1 rings (SSSR count). The van der Waals surface area contributed by atoms with Gasteiger partial charge in [0, 0.05) is 12.1 Å². The Balaban J connectivity index is 3.04. The van der Waals surface area contributed by atoms with E-state index in [1.54, 1.807) is 18.2 Å². The summed E-state index contributed by atoms with van der Waals surface area (Å²) in [4.78, 5) is 0. The molecule has 0 fully saturated rings. The minimum absolute atomic E-state index is 0.0959. The Morgan fingerprint density at radius 2 is 2.17 bits per heavy atom. The quantitative estimate of drug-likeness (QED) is 0.607. The molecule has 66 valence electrons. The van der Waals surface area contributed by atoms with Gasteiger partial charge in [0.1, 0.15) is 5.75 Å². The van der Waals surface area contributed by atoms with E-state index in [1.165, 1.54) is 0 Å². The number of phenolic OH excluding ortho intramolecular Hbond substituents is 1. The normalized spacial score (nSPS) is 12.9. The van der Waals surface area contributed by atoms with Crippen LogP contribution in [0.3, 0.4) is 0 Å². The molecule has 0 aliphatic rings. The van der Waals surface area contributed by atoms with Crippen molar-refractivity contribution in [3.05, 3.63) is 29.3 Å². The zero-order valence-electron chi connectivity index (χ0n) is 6.99. The molecule has 0 spiro atoms. The van der Waals surface area contributed by atoms with Crippen molar-refractivity contribution < 1.29 is 10.2 Å². The molecule has 3 heteroatoms. The maximum absolute atomic E-state index is 9.35. The molecule has 1 atom stereocenters. The highest BCUT2D eigenvalue weighted by molar-refractivity contribution is 5.37. The van der Waals surface area contributed by atoms with Crippen molar-refractivity contribution in [3.8, 4) is 5.75 Å². The van der Waals surface area contributed by atoms with Gasteiger partial charge in [-0.2, -0.15) is 0 Å². The number of aryl methyl sites for hydroxylation is 1. The number of phenols is 1. The van der Waals surface area contributed by atoms with Gasteiger partial charge in [-0.25, -0.2) is 0 Å². The lowest BCUT2D eigenvalue weighted by Gasteiger charge is -2.10. The smallest absolute Gasteiger partial charge is 0.121 e. The predicted octanol–water partition coefficient (Wildman–Crippen LogP) is 0.693. The van der Waals surface area contributed by atoms with Crippen LogP contribution >= 0.6 is 0 Å². The van der Waals surface area contributed by atoms with Crippen LogP contribution in [0, 0.1) is 6.92 Å². The maximum Gasteiger partial charge on any atom is 0.121 e. The average Bonchev–Trinajstić information content (AvgIpc) is 2.08. The first-order valence-electron chi connectivity index (χ1n) is 3.83. The number of aliphatic hydroxyl groups excluding tert-OH is 1. The van der Waals surface area contributed by atoms with Crippen LogP contribution in [-0.2, 0) is 0 Å². The zero-order chi connectivity index (χ0) is 9.14. The fourth-order valence-electron chi connectivity index (χ4n) is 1.07. The number of benzene rings is 1. The van der Waals surface area contributed by atoms with E-state index in [9.17, 15) is 10.2 Å². The third-order valence-electron chi connectivity index (χ3n) is 1.77. The summed E-state index contributed by atoms with van der Waals surface area (Å²) in [6, 6.07) is 5.07. The lowest BCUT2D eigenvalue weighted by atomic mass is 10.1. The minimum atomic E-state index is -0.773.